The van der Waals surface area contributed by atoms with Crippen LogP contribution in [0, 0.1) is 6.92 Å². The van der Waals surface area contributed by atoms with Gasteiger partial charge in [0.1, 0.15) is 12.4 Å². The first-order valence-corrected chi connectivity index (χ1v) is 7.03. The molecule has 0 saturated carbocycles. The molecule has 4 nitrogen and oxygen atoms in total. The molecule has 0 spiro atoms. The van der Waals surface area contributed by atoms with Gasteiger partial charge in [0.25, 0.3) is 0 Å². The van der Waals surface area contributed by atoms with Crippen LogP contribution in [0.25, 0.3) is 10.8 Å². The molecule has 0 aliphatic rings. The molecule has 0 fully saturated rings. The minimum atomic E-state index is 0.365. The first-order valence-electron chi connectivity index (χ1n) is 6.66. The second-order valence-corrected chi connectivity index (χ2v) is 5.33. The summed E-state index contributed by atoms with van der Waals surface area (Å²) in [6.07, 6.45) is 0. The van der Waals surface area contributed by atoms with Gasteiger partial charge >= 0.3 is 0 Å². The van der Waals surface area contributed by atoms with E-state index in [1.54, 1.807) is 4.68 Å². The standard InChI is InChI=1S/C16H16ClN3O/c1-10-16(17)14(20(2)19-10)9-21-15-8-7-13(18)11-5-3-4-6-12(11)15/h3-8H,9,18H2,1-2H3. The van der Waals surface area contributed by atoms with Crippen molar-refractivity contribution >= 4 is 28.1 Å². The predicted molar refractivity (Wildman–Crippen MR) is 85.6 cm³/mol. The summed E-state index contributed by atoms with van der Waals surface area (Å²) < 4.78 is 7.68. The first kappa shape index (κ1) is 13.8. The third kappa shape index (κ3) is 2.43. The molecule has 3 rings (SSSR count). The molecule has 0 aliphatic carbocycles. The second kappa shape index (κ2) is 5.30. The minimum absolute atomic E-state index is 0.365. The van der Waals surface area contributed by atoms with Crippen molar-refractivity contribution in [1.82, 2.24) is 9.78 Å². The monoisotopic (exact) mass is 301 g/mol. The summed E-state index contributed by atoms with van der Waals surface area (Å²) in [6.45, 7) is 2.24. The van der Waals surface area contributed by atoms with E-state index < -0.39 is 0 Å². The van der Waals surface area contributed by atoms with Crippen LogP contribution in [0.1, 0.15) is 11.4 Å². The number of nitrogens with zero attached hydrogens (tertiary/aromatic N) is 2. The van der Waals surface area contributed by atoms with Gasteiger partial charge in [0.05, 0.1) is 16.4 Å². The number of fused-ring (bicyclic) bond motifs is 1. The average molecular weight is 302 g/mol. The molecular weight excluding hydrogens is 286 g/mol. The lowest BCUT2D eigenvalue weighted by molar-refractivity contribution is 0.298. The van der Waals surface area contributed by atoms with Crippen molar-refractivity contribution in [2.24, 2.45) is 7.05 Å². The van der Waals surface area contributed by atoms with E-state index in [9.17, 15) is 0 Å². The maximum absolute atomic E-state index is 6.24. The molecular formula is C16H16ClN3O. The Balaban J connectivity index is 1.94. The fraction of sp³-hybridized carbons (Fsp3) is 0.188. The summed E-state index contributed by atoms with van der Waals surface area (Å²) in [5.74, 6) is 0.787. The molecule has 5 heteroatoms. The molecule has 2 aromatic carbocycles. The van der Waals surface area contributed by atoms with Gasteiger partial charge in [-0.25, -0.2) is 0 Å². The zero-order valence-corrected chi connectivity index (χ0v) is 12.7. The smallest absolute Gasteiger partial charge is 0.131 e. The highest BCUT2D eigenvalue weighted by molar-refractivity contribution is 6.31. The van der Waals surface area contributed by atoms with Crippen molar-refractivity contribution in [2.75, 3.05) is 5.73 Å². The molecule has 0 bridgehead atoms. The number of rotatable bonds is 3. The molecule has 0 amide bonds. The number of aryl methyl sites for hydroxylation is 2. The molecule has 3 aromatic rings. The maximum Gasteiger partial charge on any atom is 0.131 e. The Morgan fingerprint density at radius 1 is 1.19 bits per heavy atom. The van der Waals surface area contributed by atoms with Crippen LogP contribution in [-0.2, 0) is 13.7 Å². The van der Waals surface area contributed by atoms with E-state index in [0.29, 0.717) is 11.6 Å². The highest BCUT2D eigenvalue weighted by Gasteiger charge is 2.12. The van der Waals surface area contributed by atoms with Gasteiger partial charge in [-0.1, -0.05) is 35.9 Å². The molecule has 0 radical (unpaired) electrons. The largest absolute Gasteiger partial charge is 0.487 e. The number of aromatic nitrogens is 2. The van der Waals surface area contributed by atoms with E-state index in [2.05, 4.69) is 5.10 Å². The lowest BCUT2D eigenvalue weighted by Gasteiger charge is -2.11. The number of halogens is 1. The van der Waals surface area contributed by atoms with Gasteiger partial charge in [-0.3, -0.25) is 4.68 Å². The van der Waals surface area contributed by atoms with Crippen LogP contribution >= 0.6 is 11.6 Å². The van der Waals surface area contributed by atoms with E-state index in [-0.39, 0.29) is 0 Å². The molecule has 0 aliphatic heterocycles. The van der Waals surface area contributed by atoms with Gasteiger partial charge in [-0.2, -0.15) is 5.10 Å². The van der Waals surface area contributed by atoms with Gasteiger partial charge in [-0.05, 0) is 19.1 Å². The van der Waals surface area contributed by atoms with Gasteiger partial charge in [-0.15, -0.1) is 0 Å². The van der Waals surface area contributed by atoms with Gasteiger partial charge in [0, 0.05) is 23.5 Å². The van der Waals surface area contributed by atoms with E-state index in [0.717, 1.165) is 33.6 Å². The van der Waals surface area contributed by atoms with E-state index in [4.69, 9.17) is 22.1 Å². The van der Waals surface area contributed by atoms with Crippen molar-refractivity contribution in [2.45, 2.75) is 13.5 Å². The summed E-state index contributed by atoms with van der Waals surface area (Å²) >= 11 is 6.24. The molecule has 0 saturated heterocycles. The number of anilines is 1. The zero-order valence-electron chi connectivity index (χ0n) is 11.9. The molecule has 0 unspecified atom stereocenters. The molecule has 21 heavy (non-hydrogen) atoms. The van der Waals surface area contributed by atoms with Crippen LogP contribution in [0.3, 0.4) is 0 Å². The Hall–Kier alpha value is -2.20. The number of nitrogens with two attached hydrogens (primary N) is 1. The predicted octanol–water partition coefficient (Wildman–Crippen LogP) is 3.70. The summed E-state index contributed by atoms with van der Waals surface area (Å²) in [7, 11) is 1.86. The van der Waals surface area contributed by atoms with E-state index in [1.165, 1.54) is 0 Å². The second-order valence-electron chi connectivity index (χ2n) is 4.96. The molecule has 1 aromatic heterocycles. The van der Waals surface area contributed by atoms with E-state index >= 15 is 0 Å². The van der Waals surface area contributed by atoms with Crippen LogP contribution in [0.4, 0.5) is 5.69 Å². The average Bonchev–Trinajstić information content (AvgIpc) is 2.72. The Morgan fingerprint density at radius 2 is 1.90 bits per heavy atom. The third-order valence-corrected chi connectivity index (χ3v) is 4.04. The fourth-order valence-corrected chi connectivity index (χ4v) is 2.62. The Bertz CT molecular complexity index is 811. The zero-order chi connectivity index (χ0) is 15.0. The third-order valence-electron chi connectivity index (χ3n) is 3.54. The van der Waals surface area contributed by atoms with Gasteiger partial charge in [0.2, 0.25) is 0 Å². The van der Waals surface area contributed by atoms with Gasteiger partial charge < -0.3 is 10.5 Å². The lowest BCUT2D eigenvalue weighted by Crippen LogP contribution is -2.04. The number of hydrogen-bond donors (Lipinski definition) is 1. The van der Waals surface area contributed by atoms with Crippen molar-refractivity contribution in [3.63, 3.8) is 0 Å². The number of hydrogen-bond acceptors (Lipinski definition) is 3. The highest BCUT2D eigenvalue weighted by Crippen LogP contribution is 2.31. The molecule has 2 N–H and O–H groups in total. The summed E-state index contributed by atoms with van der Waals surface area (Å²) in [5, 5.41) is 6.92. The first-order chi connectivity index (χ1) is 10.1. The van der Waals surface area contributed by atoms with Crippen molar-refractivity contribution < 1.29 is 4.74 Å². The van der Waals surface area contributed by atoms with Crippen LogP contribution in [0.5, 0.6) is 5.75 Å². The Morgan fingerprint density at radius 3 is 2.57 bits per heavy atom. The summed E-state index contributed by atoms with van der Waals surface area (Å²) in [6, 6.07) is 11.7. The van der Waals surface area contributed by atoms with Crippen molar-refractivity contribution in [1.29, 1.82) is 0 Å². The van der Waals surface area contributed by atoms with Crippen molar-refractivity contribution in [3.05, 3.63) is 52.8 Å². The normalized spacial score (nSPS) is 11.0. The SMILES string of the molecule is Cc1nn(C)c(COc2ccc(N)c3ccccc23)c1Cl. The quantitative estimate of drug-likeness (QED) is 0.751. The molecule has 0 atom stereocenters. The molecule has 108 valence electrons. The maximum atomic E-state index is 6.24. The topological polar surface area (TPSA) is 53.1 Å². The molecule has 1 heterocycles. The summed E-state index contributed by atoms with van der Waals surface area (Å²) in [4.78, 5) is 0. The van der Waals surface area contributed by atoms with Crippen LogP contribution in [-0.4, -0.2) is 9.78 Å². The highest BCUT2D eigenvalue weighted by atomic mass is 35.5. The van der Waals surface area contributed by atoms with Crippen molar-refractivity contribution in [3.8, 4) is 5.75 Å². The Labute approximate surface area is 128 Å². The van der Waals surface area contributed by atoms with Crippen LogP contribution in [0.2, 0.25) is 5.02 Å². The fourth-order valence-electron chi connectivity index (χ4n) is 2.40. The number of ether oxygens (including phenoxy) is 1. The Kier molecular flexibility index (Phi) is 3.47. The number of benzene rings is 2. The van der Waals surface area contributed by atoms with E-state index in [1.807, 2.05) is 50.4 Å². The van der Waals surface area contributed by atoms with Crippen LogP contribution < -0.4 is 10.5 Å². The number of nitrogen functional groups attached to an aromatic ring is 1. The minimum Gasteiger partial charge on any atom is -0.487 e. The lowest BCUT2D eigenvalue weighted by atomic mass is 10.1. The van der Waals surface area contributed by atoms with Gasteiger partial charge in [0.15, 0.2) is 0 Å². The van der Waals surface area contributed by atoms with Crippen LogP contribution in [0.15, 0.2) is 36.4 Å². The summed E-state index contributed by atoms with van der Waals surface area (Å²) in [5.41, 5.74) is 8.40.